The van der Waals surface area contributed by atoms with Crippen LogP contribution < -0.4 is 5.73 Å². The summed E-state index contributed by atoms with van der Waals surface area (Å²) in [5.41, 5.74) is 5.61. The molecule has 1 heterocycles. The van der Waals surface area contributed by atoms with Gasteiger partial charge in [-0.2, -0.15) is 4.31 Å². The van der Waals surface area contributed by atoms with E-state index in [2.05, 4.69) is 0 Å². The molecule has 0 radical (unpaired) electrons. The van der Waals surface area contributed by atoms with Gasteiger partial charge in [-0.05, 0) is 24.7 Å². The zero-order chi connectivity index (χ0) is 12.2. The topological polar surface area (TPSA) is 63.4 Å². The SMILES string of the molecule is CC(C)(C)C1(S(=O)(=O)N2CCC(N)C2)CC1. The van der Waals surface area contributed by atoms with Gasteiger partial charge in [0.05, 0.1) is 4.75 Å². The van der Waals surface area contributed by atoms with Gasteiger partial charge in [-0.15, -0.1) is 0 Å². The molecule has 0 amide bonds. The second-order valence-electron chi connectivity index (χ2n) is 6.16. The third-order valence-corrected chi connectivity index (χ3v) is 7.11. The van der Waals surface area contributed by atoms with Crippen molar-refractivity contribution in [2.45, 2.75) is 50.8 Å². The van der Waals surface area contributed by atoms with E-state index in [1.165, 1.54) is 0 Å². The third kappa shape index (κ3) is 1.60. The Morgan fingerprint density at radius 1 is 1.31 bits per heavy atom. The van der Waals surface area contributed by atoms with Gasteiger partial charge in [0.15, 0.2) is 0 Å². The number of hydrogen-bond donors (Lipinski definition) is 1. The van der Waals surface area contributed by atoms with Crippen LogP contribution in [0.5, 0.6) is 0 Å². The van der Waals surface area contributed by atoms with Crippen molar-refractivity contribution in [3.8, 4) is 0 Å². The molecule has 0 aromatic heterocycles. The molecule has 94 valence electrons. The summed E-state index contributed by atoms with van der Waals surface area (Å²) in [6.45, 7) is 7.16. The second kappa shape index (κ2) is 3.43. The fourth-order valence-corrected chi connectivity index (χ4v) is 5.35. The summed E-state index contributed by atoms with van der Waals surface area (Å²) in [4.78, 5) is 0. The van der Waals surface area contributed by atoms with Gasteiger partial charge in [0.1, 0.15) is 0 Å². The first-order valence-electron chi connectivity index (χ1n) is 5.96. The van der Waals surface area contributed by atoms with E-state index in [0.29, 0.717) is 13.1 Å². The molecule has 2 fully saturated rings. The van der Waals surface area contributed by atoms with Crippen LogP contribution in [0.4, 0.5) is 0 Å². The van der Waals surface area contributed by atoms with Gasteiger partial charge in [0.2, 0.25) is 10.0 Å². The van der Waals surface area contributed by atoms with Crippen molar-refractivity contribution in [2.24, 2.45) is 11.1 Å². The molecule has 0 aromatic carbocycles. The maximum Gasteiger partial charge on any atom is 0.220 e. The zero-order valence-corrected chi connectivity index (χ0v) is 11.2. The van der Waals surface area contributed by atoms with Crippen molar-refractivity contribution in [2.75, 3.05) is 13.1 Å². The molecule has 2 N–H and O–H groups in total. The van der Waals surface area contributed by atoms with E-state index in [4.69, 9.17) is 5.73 Å². The Hall–Kier alpha value is -0.130. The molecule has 0 aromatic rings. The summed E-state index contributed by atoms with van der Waals surface area (Å²) >= 11 is 0. The third-order valence-electron chi connectivity index (χ3n) is 4.09. The van der Waals surface area contributed by atoms with E-state index in [1.54, 1.807) is 4.31 Å². The minimum Gasteiger partial charge on any atom is -0.326 e. The van der Waals surface area contributed by atoms with Crippen molar-refractivity contribution >= 4 is 10.0 Å². The summed E-state index contributed by atoms with van der Waals surface area (Å²) in [5.74, 6) is 0. The van der Waals surface area contributed by atoms with E-state index in [0.717, 1.165) is 19.3 Å². The summed E-state index contributed by atoms with van der Waals surface area (Å²) in [5, 5.41) is 0. The summed E-state index contributed by atoms with van der Waals surface area (Å²) in [6, 6.07) is 0.0190. The average Bonchev–Trinajstić information content (AvgIpc) is 2.84. The number of nitrogens with two attached hydrogens (primary N) is 1. The molecule has 1 atom stereocenters. The quantitative estimate of drug-likeness (QED) is 0.788. The smallest absolute Gasteiger partial charge is 0.220 e. The van der Waals surface area contributed by atoms with E-state index >= 15 is 0 Å². The summed E-state index contributed by atoms with van der Waals surface area (Å²) in [6.07, 6.45) is 2.38. The number of sulfonamides is 1. The van der Waals surface area contributed by atoms with E-state index in [9.17, 15) is 8.42 Å². The van der Waals surface area contributed by atoms with E-state index in [-0.39, 0.29) is 11.5 Å². The largest absolute Gasteiger partial charge is 0.326 e. The van der Waals surface area contributed by atoms with Crippen LogP contribution in [0.1, 0.15) is 40.0 Å². The first-order chi connectivity index (χ1) is 7.21. The number of hydrogen-bond acceptors (Lipinski definition) is 3. The molecule has 5 heteroatoms. The molecule has 2 aliphatic rings. The molecular formula is C11H22N2O2S. The van der Waals surface area contributed by atoms with Crippen molar-refractivity contribution in [3.05, 3.63) is 0 Å². The van der Waals surface area contributed by atoms with E-state index < -0.39 is 14.8 Å². The molecule has 16 heavy (non-hydrogen) atoms. The van der Waals surface area contributed by atoms with Crippen molar-refractivity contribution in [3.63, 3.8) is 0 Å². The van der Waals surface area contributed by atoms with Gasteiger partial charge < -0.3 is 5.73 Å². The van der Waals surface area contributed by atoms with Crippen LogP contribution in [0.25, 0.3) is 0 Å². The highest BCUT2D eigenvalue weighted by atomic mass is 32.2. The predicted octanol–water partition coefficient (Wildman–Crippen LogP) is 0.928. The highest BCUT2D eigenvalue weighted by Crippen LogP contribution is 2.57. The zero-order valence-electron chi connectivity index (χ0n) is 10.4. The first kappa shape index (κ1) is 12.3. The fraction of sp³-hybridized carbons (Fsp3) is 1.00. The molecule has 1 saturated carbocycles. The van der Waals surface area contributed by atoms with Gasteiger partial charge in [-0.3, -0.25) is 0 Å². The summed E-state index contributed by atoms with van der Waals surface area (Å²) < 4.78 is 26.2. The Labute approximate surface area is 98.2 Å². The normalized spacial score (nSPS) is 30.6. The Kier molecular flexibility index (Phi) is 2.64. The van der Waals surface area contributed by atoms with Gasteiger partial charge in [-0.25, -0.2) is 8.42 Å². The maximum absolute atomic E-state index is 12.6. The lowest BCUT2D eigenvalue weighted by Gasteiger charge is -2.33. The molecule has 1 aliphatic carbocycles. The van der Waals surface area contributed by atoms with Gasteiger partial charge in [0, 0.05) is 19.1 Å². The van der Waals surface area contributed by atoms with Gasteiger partial charge >= 0.3 is 0 Å². The van der Waals surface area contributed by atoms with Gasteiger partial charge in [-0.1, -0.05) is 20.8 Å². The first-order valence-corrected chi connectivity index (χ1v) is 7.40. The highest BCUT2D eigenvalue weighted by Gasteiger charge is 2.63. The molecule has 1 unspecified atom stereocenters. The Morgan fingerprint density at radius 3 is 2.19 bits per heavy atom. The number of rotatable bonds is 2. The van der Waals surface area contributed by atoms with Crippen LogP contribution in [0.2, 0.25) is 0 Å². The fourth-order valence-electron chi connectivity index (χ4n) is 2.73. The molecular weight excluding hydrogens is 224 g/mol. The van der Waals surface area contributed by atoms with Crippen LogP contribution >= 0.6 is 0 Å². The van der Waals surface area contributed by atoms with Crippen molar-refractivity contribution < 1.29 is 8.42 Å². The van der Waals surface area contributed by atoms with Crippen molar-refractivity contribution in [1.29, 1.82) is 0 Å². The van der Waals surface area contributed by atoms with E-state index in [1.807, 2.05) is 20.8 Å². The average molecular weight is 246 g/mol. The lowest BCUT2D eigenvalue weighted by molar-refractivity contribution is 0.341. The van der Waals surface area contributed by atoms with Crippen LogP contribution in [0.3, 0.4) is 0 Å². The molecule has 1 saturated heterocycles. The molecule has 2 rings (SSSR count). The molecule has 0 spiro atoms. The van der Waals surface area contributed by atoms with Crippen molar-refractivity contribution in [1.82, 2.24) is 4.31 Å². The lowest BCUT2D eigenvalue weighted by Crippen LogP contribution is -2.46. The molecule has 1 aliphatic heterocycles. The Morgan fingerprint density at radius 2 is 1.88 bits per heavy atom. The monoisotopic (exact) mass is 246 g/mol. The van der Waals surface area contributed by atoms with Crippen LogP contribution in [-0.2, 0) is 10.0 Å². The van der Waals surface area contributed by atoms with Crippen LogP contribution in [-0.4, -0.2) is 36.6 Å². The minimum absolute atomic E-state index is 0.0190. The predicted molar refractivity (Wildman–Crippen MR) is 64.5 cm³/mol. The highest BCUT2D eigenvalue weighted by molar-refractivity contribution is 7.90. The maximum atomic E-state index is 12.6. The molecule has 0 bridgehead atoms. The minimum atomic E-state index is -3.16. The molecule has 4 nitrogen and oxygen atoms in total. The number of nitrogens with zero attached hydrogens (tertiary/aromatic N) is 1. The Balaban J connectivity index is 2.27. The standard InChI is InChI=1S/C11H22N2O2S/c1-10(2,3)11(5-6-11)16(14,15)13-7-4-9(12)8-13/h9H,4-8,12H2,1-3H3. The van der Waals surface area contributed by atoms with Crippen LogP contribution in [0, 0.1) is 5.41 Å². The Bertz CT molecular complexity index is 379. The van der Waals surface area contributed by atoms with Gasteiger partial charge in [0.25, 0.3) is 0 Å². The lowest BCUT2D eigenvalue weighted by atomic mass is 9.90. The second-order valence-corrected chi connectivity index (χ2v) is 8.40. The van der Waals surface area contributed by atoms with Crippen LogP contribution in [0.15, 0.2) is 0 Å². The summed E-state index contributed by atoms with van der Waals surface area (Å²) in [7, 11) is -3.16.